The van der Waals surface area contributed by atoms with E-state index in [1.165, 1.54) is 12.1 Å². The zero-order valence-corrected chi connectivity index (χ0v) is 15.4. The van der Waals surface area contributed by atoms with Gasteiger partial charge in [-0.25, -0.2) is 9.78 Å². The third kappa shape index (κ3) is 3.24. The molecule has 2 heterocycles. The Hall–Kier alpha value is -3.21. The molecule has 4 rings (SSSR count). The highest BCUT2D eigenvalue weighted by Gasteiger charge is 2.35. The summed E-state index contributed by atoms with van der Waals surface area (Å²) in [6.07, 6.45) is 4.62. The average molecular weight is 380 g/mol. The van der Waals surface area contributed by atoms with Gasteiger partial charge in [0.05, 0.1) is 22.5 Å². The number of benzene rings is 1. The number of nitrogens with zero attached hydrogens (tertiary/aromatic N) is 3. The fourth-order valence-corrected chi connectivity index (χ4v) is 3.97. The largest absolute Gasteiger partial charge is 0.452 e. The molecule has 1 amide bonds. The fourth-order valence-electron chi connectivity index (χ4n) is 3.97. The van der Waals surface area contributed by atoms with Crippen molar-refractivity contribution >= 4 is 22.8 Å². The van der Waals surface area contributed by atoms with Crippen molar-refractivity contribution in [2.75, 3.05) is 6.61 Å². The molecule has 0 radical (unpaired) electrons. The van der Waals surface area contributed by atoms with E-state index in [4.69, 9.17) is 4.74 Å². The van der Waals surface area contributed by atoms with Crippen LogP contribution in [-0.4, -0.2) is 33.6 Å². The molecule has 2 aromatic rings. The molecule has 144 valence electrons. The second kappa shape index (κ2) is 7.08. The molecule has 0 saturated heterocycles. The summed E-state index contributed by atoms with van der Waals surface area (Å²) in [5.41, 5.74) is -0.272. The van der Waals surface area contributed by atoms with Crippen molar-refractivity contribution in [2.24, 2.45) is 0 Å². The van der Waals surface area contributed by atoms with E-state index in [1.54, 1.807) is 10.6 Å². The quantitative estimate of drug-likeness (QED) is 0.803. The van der Waals surface area contributed by atoms with Crippen molar-refractivity contribution < 1.29 is 14.3 Å². The van der Waals surface area contributed by atoms with Gasteiger partial charge in [-0.1, -0.05) is 0 Å². The number of esters is 1. The number of fused-ring (bicyclic) bond motifs is 2. The third-order valence-corrected chi connectivity index (χ3v) is 5.44. The number of nitrogens with one attached hydrogen (secondary N) is 1. The van der Waals surface area contributed by atoms with Crippen molar-refractivity contribution in [2.45, 2.75) is 50.6 Å². The highest BCUT2D eigenvalue weighted by Crippen LogP contribution is 2.28. The molecule has 0 unspecified atom stereocenters. The summed E-state index contributed by atoms with van der Waals surface area (Å²) in [7, 11) is 0. The molecule has 2 aliphatic rings. The van der Waals surface area contributed by atoms with Gasteiger partial charge in [0.15, 0.2) is 6.61 Å². The lowest BCUT2D eigenvalue weighted by molar-refractivity contribution is -0.125. The van der Waals surface area contributed by atoms with E-state index >= 15 is 0 Å². The lowest BCUT2D eigenvalue weighted by Gasteiger charge is -2.21. The molecule has 1 fully saturated rings. The Balaban J connectivity index is 1.46. The molecule has 1 aromatic carbocycles. The summed E-state index contributed by atoms with van der Waals surface area (Å²) >= 11 is 0. The monoisotopic (exact) mass is 380 g/mol. The van der Waals surface area contributed by atoms with Crippen LogP contribution in [0.4, 0.5) is 0 Å². The number of carbonyl (C=O) groups is 2. The Morgan fingerprint density at radius 1 is 1.29 bits per heavy atom. The SMILES string of the molecule is N#CC1(NC(=O)COC(=O)c2ccc3c(=O)n4c(nc3c2)CCC4)CCCC1. The second-order valence-electron chi connectivity index (χ2n) is 7.35. The number of carbonyl (C=O) groups excluding carboxylic acids is 2. The fraction of sp³-hybridized carbons (Fsp3) is 0.450. The standard InChI is InChI=1S/C20H20N4O4/c21-12-20(7-1-2-8-20)23-17(25)11-28-19(27)13-5-6-14-15(10-13)22-16-4-3-9-24(16)18(14)26/h5-6,10H,1-4,7-9,11H2,(H,23,25). The smallest absolute Gasteiger partial charge is 0.338 e. The van der Waals surface area contributed by atoms with E-state index in [-0.39, 0.29) is 11.1 Å². The Morgan fingerprint density at radius 3 is 2.82 bits per heavy atom. The molecule has 0 spiro atoms. The maximum absolute atomic E-state index is 12.5. The first-order valence-electron chi connectivity index (χ1n) is 9.44. The first-order valence-corrected chi connectivity index (χ1v) is 9.44. The Morgan fingerprint density at radius 2 is 2.07 bits per heavy atom. The molecule has 8 nitrogen and oxygen atoms in total. The normalized spacial score (nSPS) is 17.1. The number of hydrogen-bond acceptors (Lipinski definition) is 6. The minimum atomic E-state index is -0.848. The van der Waals surface area contributed by atoms with E-state index in [2.05, 4.69) is 16.4 Å². The van der Waals surface area contributed by atoms with E-state index in [9.17, 15) is 19.6 Å². The summed E-state index contributed by atoms with van der Waals surface area (Å²) in [5.74, 6) is -0.440. The first-order chi connectivity index (χ1) is 13.5. The van der Waals surface area contributed by atoms with Crippen molar-refractivity contribution in [1.29, 1.82) is 5.26 Å². The van der Waals surface area contributed by atoms with Gasteiger partial charge in [-0.05, 0) is 50.3 Å². The summed E-state index contributed by atoms with van der Waals surface area (Å²) in [4.78, 5) is 41.4. The van der Waals surface area contributed by atoms with Crippen LogP contribution < -0.4 is 10.9 Å². The van der Waals surface area contributed by atoms with E-state index in [0.29, 0.717) is 30.3 Å². The van der Waals surface area contributed by atoms with Gasteiger partial charge < -0.3 is 10.1 Å². The number of nitriles is 1. The van der Waals surface area contributed by atoms with E-state index in [1.807, 2.05) is 0 Å². The summed E-state index contributed by atoms with van der Waals surface area (Å²) in [5, 5.41) is 12.4. The average Bonchev–Trinajstić information content (AvgIpc) is 3.36. The van der Waals surface area contributed by atoms with Crippen LogP contribution in [0.5, 0.6) is 0 Å². The summed E-state index contributed by atoms with van der Waals surface area (Å²) in [6.45, 7) is 0.209. The summed E-state index contributed by atoms with van der Waals surface area (Å²) in [6, 6.07) is 6.75. The van der Waals surface area contributed by atoms with Crippen molar-refractivity contribution in [3.8, 4) is 6.07 Å². The van der Waals surface area contributed by atoms with Crippen LogP contribution >= 0.6 is 0 Å². The molecule has 1 aromatic heterocycles. The second-order valence-corrected chi connectivity index (χ2v) is 7.35. The van der Waals surface area contributed by atoms with Crippen LogP contribution in [0.1, 0.15) is 48.3 Å². The topological polar surface area (TPSA) is 114 Å². The van der Waals surface area contributed by atoms with Crippen LogP contribution in [0.2, 0.25) is 0 Å². The number of aromatic nitrogens is 2. The number of ether oxygens (including phenoxy) is 1. The maximum Gasteiger partial charge on any atom is 0.338 e. The van der Waals surface area contributed by atoms with Crippen LogP contribution in [0, 0.1) is 11.3 Å². The van der Waals surface area contributed by atoms with Gasteiger partial charge >= 0.3 is 5.97 Å². The van der Waals surface area contributed by atoms with Crippen molar-refractivity contribution in [3.05, 3.63) is 39.9 Å². The lowest BCUT2D eigenvalue weighted by Crippen LogP contribution is -2.46. The summed E-state index contributed by atoms with van der Waals surface area (Å²) < 4.78 is 6.76. The molecular weight excluding hydrogens is 360 g/mol. The minimum absolute atomic E-state index is 0.102. The highest BCUT2D eigenvalue weighted by atomic mass is 16.5. The molecule has 1 saturated carbocycles. The molecular formula is C20H20N4O4. The van der Waals surface area contributed by atoms with Crippen LogP contribution in [-0.2, 0) is 22.5 Å². The predicted octanol–water partition coefficient (Wildman–Crippen LogP) is 1.45. The number of hydrogen-bond donors (Lipinski definition) is 1. The molecule has 1 aliphatic heterocycles. The molecule has 1 aliphatic carbocycles. The first kappa shape index (κ1) is 18.2. The Labute approximate surface area is 161 Å². The Bertz CT molecular complexity index is 1060. The molecule has 1 N–H and O–H groups in total. The van der Waals surface area contributed by atoms with E-state index < -0.39 is 24.0 Å². The molecule has 0 bridgehead atoms. The van der Waals surface area contributed by atoms with Gasteiger partial charge in [-0.3, -0.25) is 14.2 Å². The number of rotatable bonds is 4. The number of aryl methyl sites for hydroxylation is 1. The lowest BCUT2D eigenvalue weighted by atomic mass is 10.00. The third-order valence-electron chi connectivity index (χ3n) is 5.44. The van der Waals surface area contributed by atoms with Crippen molar-refractivity contribution in [3.63, 3.8) is 0 Å². The van der Waals surface area contributed by atoms with E-state index in [0.717, 1.165) is 31.5 Å². The zero-order valence-electron chi connectivity index (χ0n) is 15.4. The van der Waals surface area contributed by atoms with Gasteiger partial charge in [0.25, 0.3) is 11.5 Å². The molecule has 8 heteroatoms. The van der Waals surface area contributed by atoms with Crippen LogP contribution in [0.25, 0.3) is 10.9 Å². The Kier molecular flexibility index (Phi) is 4.59. The zero-order chi connectivity index (χ0) is 19.7. The number of amides is 1. The van der Waals surface area contributed by atoms with Crippen LogP contribution in [0.3, 0.4) is 0 Å². The molecule has 0 atom stereocenters. The predicted molar refractivity (Wildman–Crippen MR) is 99.6 cm³/mol. The van der Waals surface area contributed by atoms with Gasteiger partial charge in [0.2, 0.25) is 0 Å². The van der Waals surface area contributed by atoms with Crippen LogP contribution in [0.15, 0.2) is 23.0 Å². The maximum atomic E-state index is 12.5. The highest BCUT2D eigenvalue weighted by molar-refractivity contribution is 5.95. The molecule has 28 heavy (non-hydrogen) atoms. The van der Waals surface area contributed by atoms with Gasteiger partial charge in [-0.2, -0.15) is 5.26 Å². The van der Waals surface area contributed by atoms with Gasteiger partial charge in [0, 0.05) is 13.0 Å². The van der Waals surface area contributed by atoms with Gasteiger partial charge in [0.1, 0.15) is 11.4 Å². The van der Waals surface area contributed by atoms with Gasteiger partial charge in [-0.15, -0.1) is 0 Å². The van der Waals surface area contributed by atoms with Crippen molar-refractivity contribution in [1.82, 2.24) is 14.9 Å². The minimum Gasteiger partial charge on any atom is -0.452 e.